The largest absolute Gasteiger partial charge is 0.484 e. The standard InChI is InChI=1S/C18H24N4O2S/c19-16(23)11-24-15-7-3-6-14(10-15)12-25-18-20-17(21-22-18)9-8-13-4-1-2-5-13/h3,6-7,10,13H,1-2,4-5,8-9,11-12H2,(H2,19,23)(H,20,21,22). The number of primary amides is 1. The molecule has 0 saturated heterocycles. The molecule has 25 heavy (non-hydrogen) atoms. The van der Waals surface area contributed by atoms with Crippen molar-refractivity contribution in [1.82, 2.24) is 15.2 Å². The fraction of sp³-hybridized carbons (Fsp3) is 0.500. The fourth-order valence-corrected chi connectivity index (χ4v) is 3.88. The zero-order valence-corrected chi connectivity index (χ0v) is 15.1. The Morgan fingerprint density at radius 2 is 2.20 bits per heavy atom. The summed E-state index contributed by atoms with van der Waals surface area (Å²) in [6.07, 6.45) is 7.68. The summed E-state index contributed by atoms with van der Waals surface area (Å²) in [5.74, 6) is 2.75. The molecule has 1 heterocycles. The van der Waals surface area contributed by atoms with Gasteiger partial charge in [0.15, 0.2) is 6.61 Å². The Labute approximate surface area is 151 Å². The van der Waals surface area contributed by atoms with E-state index in [0.29, 0.717) is 5.75 Å². The third-order valence-corrected chi connectivity index (χ3v) is 5.34. The quantitative estimate of drug-likeness (QED) is 0.670. The maximum absolute atomic E-state index is 10.8. The van der Waals surface area contributed by atoms with Crippen molar-refractivity contribution in [2.75, 3.05) is 6.61 Å². The number of ether oxygens (including phenoxy) is 1. The number of carbonyl (C=O) groups excluding carboxylic acids is 1. The first kappa shape index (κ1) is 17.8. The minimum absolute atomic E-state index is 0.109. The van der Waals surface area contributed by atoms with E-state index in [9.17, 15) is 4.79 Å². The zero-order chi connectivity index (χ0) is 17.5. The SMILES string of the molecule is NC(=O)COc1cccc(CSc2n[nH]c(CCC3CCCC3)n2)c1. The summed E-state index contributed by atoms with van der Waals surface area (Å²) in [5.41, 5.74) is 6.18. The van der Waals surface area contributed by atoms with Crippen molar-refractivity contribution >= 4 is 17.7 Å². The Hall–Kier alpha value is -2.02. The van der Waals surface area contributed by atoms with E-state index in [0.717, 1.165) is 34.6 Å². The van der Waals surface area contributed by atoms with Gasteiger partial charge in [-0.2, -0.15) is 0 Å². The maximum atomic E-state index is 10.8. The third kappa shape index (κ3) is 5.77. The lowest BCUT2D eigenvalue weighted by Gasteiger charge is -2.06. The molecular formula is C18H24N4O2S. The van der Waals surface area contributed by atoms with Gasteiger partial charge in [0.2, 0.25) is 5.16 Å². The van der Waals surface area contributed by atoms with Crippen molar-refractivity contribution in [1.29, 1.82) is 0 Å². The molecule has 1 saturated carbocycles. The average molecular weight is 360 g/mol. The van der Waals surface area contributed by atoms with E-state index in [-0.39, 0.29) is 6.61 Å². The predicted octanol–water partition coefficient (Wildman–Crippen LogP) is 3.08. The molecule has 0 aliphatic heterocycles. The highest BCUT2D eigenvalue weighted by molar-refractivity contribution is 7.98. The Morgan fingerprint density at radius 1 is 1.36 bits per heavy atom. The zero-order valence-electron chi connectivity index (χ0n) is 14.2. The van der Waals surface area contributed by atoms with Gasteiger partial charge in [-0.25, -0.2) is 4.98 Å². The molecule has 0 spiro atoms. The molecule has 0 atom stereocenters. The summed E-state index contributed by atoms with van der Waals surface area (Å²) in [6.45, 7) is -0.109. The summed E-state index contributed by atoms with van der Waals surface area (Å²) in [7, 11) is 0. The molecule has 1 aliphatic rings. The number of aryl methyl sites for hydroxylation is 1. The van der Waals surface area contributed by atoms with Crippen LogP contribution >= 0.6 is 11.8 Å². The second-order valence-electron chi connectivity index (χ2n) is 6.44. The van der Waals surface area contributed by atoms with Crippen LogP contribution in [0.1, 0.15) is 43.5 Å². The van der Waals surface area contributed by atoms with E-state index in [1.165, 1.54) is 32.1 Å². The molecule has 134 valence electrons. The molecule has 1 aliphatic carbocycles. The second-order valence-corrected chi connectivity index (χ2v) is 7.39. The highest BCUT2D eigenvalue weighted by atomic mass is 32.2. The number of aromatic amines is 1. The number of carbonyl (C=O) groups is 1. The maximum Gasteiger partial charge on any atom is 0.255 e. The van der Waals surface area contributed by atoms with Gasteiger partial charge in [-0.15, -0.1) is 5.10 Å². The van der Waals surface area contributed by atoms with Gasteiger partial charge in [0.25, 0.3) is 5.91 Å². The highest BCUT2D eigenvalue weighted by Gasteiger charge is 2.15. The fourth-order valence-electron chi connectivity index (χ4n) is 3.12. The van der Waals surface area contributed by atoms with Gasteiger partial charge in [0.05, 0.1) is 0 Å². The minimum atomic E-state index is -0.481. The number of nitrogens with two attached hydrogens (primary N) is 1. The Morgan fingerprint density at radius 3 is 3.00 bits per heavy atom. The molecule has 1 aromatic carbocycles. The molecule has 6 nitrogen and oxygen atoms in total. The van der Waals surface area contributed by atoms with E-state index < -0.39 is 5.91 Å². The van der Waals surface area contributed by atoms with Crippen LogP contribution in [0.4, 0.5) is 0 Å². The van der Waals surface area contributed by atoms with Crippen LogP contribution in [0.5, 0.6) is 5.75 Å². The van der Waals surface area contributed by atoms with Gasteiger partial charge in [0, 0.05) is 12.2 Å². The van der Waals surface area contributed by atoms with E-state index in [1.807, 2.05) is 24.3 Å². The van der Waals surface area contributed by atoms with Crippen LogP contribution < -0.4 is 10.5 Å². The van der Waals surface area contributed by atoms with E-state index in [1.54, 1.807) is 11.8 Å². The molecule has 7 heteroatoms. The first-order valence-electron chi connectivity index (χ1n) is 8.73. The summed E-state index contributed by atoms with van der Waals surface area (Å²) in [6, 6.07) is 7.63. The summed E-state index contributed by atoms with van der Waals surface area (Å²) in [5, 5.41) is 8.11. The second kappa shape index (κ2) is 8.89. The van der Waals surface area contributed by atoms with Crippen LogP contribution in [0.3, 0.4) is 0 Å². The monoisotopic (exact) mass is 360 g/mol. The summed E-state index contributed by atoms with van der Waals surface area (Å²) < 4.78 is 5.32. The predicted molar refractivity (Wildman–Crippen MR) is 97.4 cm³/mol. The van der Waals surface area contributed by atoms with Gasteiger partial charge >= 0.3 is 0 Å². The Bertz CT molecular complexity index is 698. The van der Waals surface area contributed by atoms with Crippen molar-refractivity contribution in [3.05, 3.63) is 35.7 Å². The Balaban J connectivity index is 1.46. The van der Waals surface area contributed by atoms with Crippen molar-refractivity contribution in [2.45, 2.75) is 49.4 Å². The lowest BCUT2D eigenvalue weighted by molar-refractivity contribution is -0.119. The topological polar surface area (TPSA) is 93.9 Å². The molecule has 2 aromatic rings. The highest BCUT2D eigenvalue weighted by Crippen LogP contribution is 2.28. The lowest BCUT2D eigenvalue weighted by Crippen LogP contribution is -2.20. The van der Waals surface area contributed by atoms with Crippen LogP contribution in [0, 0.1) is 5.92 Å². The number of amides is 1. The third-order valence-electron chi connectivity index (χ3n) is 4.42. The molecule has 0 bridgehead atoms. The smallest absolute Gasteiger partial charge is 0.255 e. The first-order chi connectivity index (χ1) is 12.2. The van der Waals surface area contributed by atoms with Crippen LogP contribution in [0.2, 0.25) is 0 Å². The van der Waals surface area contributed by atoms with Gasteiger partial charge in [-0.1, -0.05) is 49.6 Å². The number of H-pyrrole nitrogens is 1. The normalized spacial score (nSPS) is 14.7. The number of hydrogen-bond acceptors (Lipinski definition) is 5. The molecular weight excluding hydrogens is 336 g/mol. The van der Waals surface area contributed by atoms with E-state index >= 15 is 0 Å². The average Bonchev–Trinajstić information content (AvgIpc) is 3.28. The summed E-state index contributed by atoms with van der Waals surface area (Å²) in [4.78, 5) is 15.4. The number of benzene rings is 1. The molecule has 3 N–H and O–H groups in total. The molecule has 1 fully saturated rings. The number of aromatic nitrogens is 3. The van der Waals surface area contributed by atoms with Crippen LogP contribution in [0.15, 0.2) is 29.4 Å². The van der Waals surface area contributed by atoms with E-state index in [2.05, 4.69) is 15.2 Å². The molecule has 3 rings (SSSR count). The number of nitrogens with zero attached hydrogens (tertiary/aromatic N) is 2. The van der Waals surface area contributed by atoms with E-state index in [4.69, 9.17) is 10.5 Å². The van der Waals surface area contributed by atoms with Gasteiger partial charge < -0.3 is 10.5 Å². The first-order valence-corrected chi connectivity index (χ1v) is 9.72. The van der Waals surface area contributed by atoms with Gasteiger partial charge in [-0.05, 0) is 30.0 Å². The van der Waals surface area contributed by atoms with Crippen molar-refractivity contribution in [3.63, 3.8) is 0 Å². The van der Waals surface area contributed by atoms with Crippen molar-refractivity contribution in [3.8, 4) is 5.75 Å². The number of thioether (sulfide) groups is 1. The number of nitrogens with one attached hydrogen (secondary N) is 1. The van der Waals surface area contributed by atoms with Gasteiger partial charge in [0.1, 0.15) is 11.6 Å². The van der Waals surface area contributed by atoms with Crippen LogP contribution in [0.25, 0.3) is 0 Å². The summed E-state index contributed by atoms with van der Waals surface area (Å²) >= 11 is 1.58. The Kier molecular flexibility index (Phi) is 6.33. The molecule has 1 amide bonds. The number of hydrogen-bond donors (Lipinski definition) is 2. The van der Waals surface area contributed by atoms with Gasteiger partial charge in [-0.3, -0.25) is 9.89 Å². The molecule has 0 radical (unpaired) electrons. The lowest BCUT2D eigenvalue weighted by atomic mass is 10.0. The number of rotatable bonds is 9. The van der Waals surface area contributed by atoms with Crippen molar-refractivity contribution < 1.29 is 9.53 Å². The van der Waals surface area contributed by atoms with Crippen molar-refractivity contribution in [2.24, 2.45) is 11.7 Å². The van der Waals surface area contributed by atoms with Crippen LogP contribution in [-0.4, -0.2) is 27.7 Å². The molecule has 0 unspecified atom stereocenters. The minimum Gasteiger partial charge on any atom is -0.484 e. The molecule has 1 aromatic heterocycles. The van der Waals surface area contributed by atoms with Crippen LogP contribution in [-0.2, 0) is 17.0 Å².